The van der Waals surface area contributed by atoms with Crippen LogP contribution in [0.5, 0.6) is 0 Å². The summed E-state index contributed by atoms with van der Waals surface area (Å²) in [7, 11) is 0. The minimum absolute atomic E-state index is 0.726. The Balaban J connectivity index is 1.77. The van der Waals surface area contributed by atoms with Gasteiger partial charge < -0.3 is 9.97 Å². The van der Waals surface area contributed by atoms with E-state index in [0.717, 1.165) is 48.8 Å². The standard InChI is InChI=1S/C18H11BrN4O/c19-10-5-6-16-12(7-10)14(9-21-16)18-17(22-24-23-18)13-8-20-15-4-2-1-3-11(13)15/h1-9,20-21H. The highest BCUT2D eigenvalue weighted by Crippen LogP contribution is 2.37. The molecule has 0 aliphatic rings. The molecule has 6 heteroatoms. The van der Waals surface area contributed by atoms with Gasteiger partial charge in [-0.2, -0.15) is 0 Å². The summed E-state index contributed by atoms with van der Waals surface area (Å²) in [5.41, 5.74) is 5.50. The van der Waals surface area contributed by atoms with E-state index in [2.05, 4.69) is 48.3 Å². The third-order valence-corrected chi connectivity index (χ3v) is 4.73. The summed E-state index contributed by atoms with van der Waals surface area (Å²) in [5, 5.41) is 10.5. The van der Waals surface area contributed by atoms with Crippen LogP contribution in [0.4, 0.5) is 0 Å². The third-order valence-electron chi connectivity index (χ3n) is 4.23. The molecule has 116 valence electrons. The molecule has 3 aromatic heterocycles. The second-order valence-corrected chi connectivity index (χ2v) is 6.52. The molecule has 5 aromatic rings. The Hall–Kier alpha value is -2.86. The lowest BCUT2D eigenvalue weighted by molar-refractivity contribution is 0.310. The number of H-pyrrole nitrogens is 2. The van der Waals surface area contributed by atoms with Crippen molar-refractivity contribution in [2.75, 3.05) is 0 Å². The van der Waals surface area contributed by atoms with Crippen molar-refractivity contribution >= 4 is 37.7 Å². The lowest BCUT2D eigenvalue weighted by atomic mass is 10.0. The normalized spacial score (nSPS) is 11.5. The highest BCUT2D eigenvalue weighted by molar-refractivity contribution is 9.10. The molecular weight excluding hydrogens is 368 g/mol. The van der Waals surface area contributed by atoms with Crippen LogP contribution >= 0.6 is 15.9 Å². The number of rotatable bonds is 2. The predicted molar refractivity (Wildman–Crippen MR) is 96.6 cm³/mol. The second-order valence-electron chi connectivity index (χ2n) is 5.60. The first-order valence-corrected chi connectivity index (χ1v) is 8.26. The average Bonchev–Trinajstić information content (AvgIpc) is 3.31. The number of nitrogens with zero attached hydrogens (tertiary/aromatic N) is 2. The fourth-order valence-electron chi connectivity index (χ4n) is 3.10. The summed E-state index contributed by atoms with van der Waals surface area (Å²) < 4.78 is 6.10. The minimum atomic E-state index is 0.726. The van der Waals surface area contributed by atoms with E-state index in [1.807, 2.05) is 42.7 Å². The maximum absolute atomic E-state index is 5.08. The van der Waals surface area contributed by atoms with Crippen molar-refractivity contribution in [1.29, 1.82) is 0 Å². The zero-order chi connectivity index (χ0) is 16.1. The van der Waals surface area contributed by atoms with Crippen LogP contribution in [0.3, 0.4) is 0 Å². The topological polar surface area (TPSA) is 70.5 Å². The van der Waals surface area contributed by atoms with Gasteiger partial charge in [-0.3, -0.25) is 0 Å². The van der Waals surface area contributed by atoms with E-state index < -0.39 is 0 Å². The third kappa shape index (κ3) is 1.93. The number of hydrogen-bond donors (Lipinski definition) is 2. The number of fused-ring (bicyclic) bond motifs is 2. The fraction of sp³-hybridized carbons (Fsp3) is 0. The molecule has 3 heterocycles. The van der Waals surface area contributed by atoms with E-state index in [9.17, 15) is 0 Å². The van der Waals surface area contributed by atoms with Crippen LogP contribution in [-0.2, 0) is 0 Å². The van der Waals surface area contributed by atoms with Gasteiger partial charge >= 0.3 is 0 Å². The number of hydrogen-bond acceptors (Lipinski definition) is 3. The first kappa shape index (κ1) is 13.6. The van der Waals surface area contributed by atoms with Gasteiger partial charge in [0, 0.05) is 49.8 Å². The number of aromatic nitrogens is 4. The van der Waals surface area contributed by atoms with Gasteiger partial charge in [-0.05, 0) is 34.6 Å². The van der Waals surface area contributed by atoms with Crippen molar-refractivity contribution in [3.63, 3.8) is 0 Å². The molecular formula is C18H11BrN4O. The van der Waals surface area contributed by atoms with Crippen molar-refractivity contribution in [1.82, 2.24) is 20.3 Å². The lowest BCUT2D eigenvalue weighted by Crippen LogP contribution is -1.82. The van der Waals surface area contributed by atoms with E-state index >= 15 is 0 Å². The van der Waals surface area contributed by atoms with Crippen LogP contribution < -0.4 is 0 Å². The lowest BCUT2D eigenvalue weighted by Gasteiger charge is -1.99. The van der Waals surface area contributed by atoms with E-state index in [1.54, 1.807) is 0 Å². The SMILES string of the molecule is Brc1ccc2[nH]cc(-c3nonc3-c3c[nH]c4ccccc34)c2c1. The van der Waals surface area contributed by atoms with Crippen molar-refractivity contribution in [3.8, 4) is 22.5 Å². The van der Waals surface area contributed by atoms with E-state index in [4.69, 9.17) is 4.63 Å². The molecule has 0 aliphatic heterocycles. The van der Waals surface area contributed by atoms with Gasteiger partial charge in [0.15, 0.2) is 0 Å². The van der Waals surface area contributed by atoms with Gasteiger partial charge in [0.25, 0.3) is 0 Å². The molecule has 0 amide bonds. The molecule has 0 saturated carbocycles. The number of benzene rings is 2. The predicted octanol–water partition coefficient (Wildman–Crippen LogP) is 5.13. The molecule has 2 N–H and O–H groups in total. The van der Waals surface area contributed by atoms with Gasteiger partial charge in [-0.15, -0.1) is 0 Å². The van der Waals surface area contributed by atoms with Gasteiger partial charge in [0.1, 0.15) is 11.4 Å². The molecule has 0 saturated heterocycles. The van der Waals surface area contributed by atoms with Gasteiger partial charge in [0.2, 0.25) is 0 Å². The molecule has 5 rings (SSSR count). The summed E-state index contributed by atoms with van der Waals surface area (Å²) >= 11 is 3.53. The molecule has 0 fully saturated rings. The summed E-state index contributed by atoms with van der Waals surface area (Å²) in [6.07, 6.45) is 3.88. The molecule has 5 nitrogen and oxygen atoms in total. The number of aromatic amines is 2. The van der Waals surface area contributed by atoms with E-state index in [-0.39, 0.29) is 0 Å². The zero-order valence-electron chi connectivity index (χ0n) is 12.4. The Kier molecular flexibility index (Phi) is 2.87. The molecule has 0 atom stereocenters. The monoisotopic (exact) mass is 378 g/mol. The Morgan fingerprint density at radius 3 is 2.25 bits per heavy atom. The van der Waals surface area contributed by atoms with Crippen LogP contribution in [-0.4, -0.2) is 20.3 Å². The van der Waals surface area contributed by atoms with Crippen LogP contribution in [0.15, 0.2) is 64.0 Å². The van der Waals surface area contributed by atoms with Crippen LogP contribution in [0, 0.1) is 0 Å². The first-order valence-electron chi connectivity index (χ1n) is 7.47. The molecule has 2 aromatic carbocycles. The summed E-state index contributed by atoms with van der Waals surface area (Å²) in [5.74, 6) is 0. The Bertz CT molecular complexity index is 1180. The maximum atomic E-state index is 5.08. The molecule has 0 bridgehead atoms. The van der Waals surface area contributed by atoms with Crippen molar-refractivity contribution < 1.29 is 4.63 Å². The number of nitrogens with one attached hydrogen (secondary N) is 2. The first-order chi connectivity index (χ1) is 11.8. The van der Waals surface area contributed by atoms with Gasteiger partial charge in [-0.1, -0.05) is 34.1 Å². The Morgan fingerprint density at radius 2 is 1.46 bits per heavy atom. The summed E-state index contributed by atoms with van der Waals surface area (Å²) in [4.78, 5) is 6.55. The molecule has 0 aliphatic carbocycles. The van der Waals surface area contributed by atoms with Crippen molar-refractivity contribution in [3.05, 3.63) is 59.3 Å². The fourth-order valence-corrected chi connectivity index (χ4v) is 3.46. The Labute approximate surface area is 144 Å². The van der Waals surface area contributed by atoms with Gasteiger partial charge in [0.05, 0.1) is 0 Å². The highest BCUT2D eigenvalue weighted by Gasteiger charge is 2.20. The largest absolute Gasteiger partial charge is 0.360 e. The minimum Gasteiger partial charge on any atom is -0.360 e. The van der Waals surface area contributed by atoms with E-state index in [1.165, 1.54) is 0 Å². The number of para-hydroxylation sites is 1. The smallest absolute Gasteiger partial charge is 0.145 e. The second kappa shape index (κ2) is 5.07. The Morgan fingerprint density at radius 1 is 0.792 bits per heavy atom. The van der Waals surface area contributed by atoms with E-state index in [0.29, 0.717) is 0 Å². The summed E-state index contributed by atoms with van der Waals surface area (Å²) in [6, 6.07) is 14.2. The maximum Gasteiger partial charge on any atom is 0.145 e. The van der Waals surface area contributed by atoms with Gasteiger partial charge in [-0.25, -0.2) is 4.63 Å². The molecule has 0 spiro atoms. The highest BCUT2D eigenvalue weighted by atomic mass is 79.9. The quantitative estimate of drug-likeness (QED) is 0.447. The van der Waals surface area contributed by atoms with Crippen molar-refractivity contribution in [2.45, 2.75) is 0 Å². The van der Waals surface area contributed by atoms with Crippen LogP contribution in [0.2, 0.25) is 0 Å². The number of halogens is 1. The summed E-state index contributed by atoms with van der Waals surface area (Å²) in [6.45, 7) is 0. The van der Waals surface area contributed by atoms with Crippen LogP contribution in [0.25, 0.3) is 44.3 Å². The molecule has 0 radical (unpaired) electrons. The van der Waals surface area contributed by atoms with Crippen LogP contribution in [0.1, 0.15) is 0 Å². The average molecular weight is 379 g/mol. The molecule has 0 unspecified atom stereocenters. The zero-order valence-corrected chi connectivity index (χ0v) is 14.0. The molecule has 24 heavy (non-hydrogen) atoms. The van der Waals surface area contributed by atoms with Crippen molar-refractivity contribution in [2.24, 2.45) is 0 Å².